The average Bonchev–Trinajstić information content (AvgIpc) is 2.70. The molecule has 2 heterocycles. The first-order valence-corrected chi connectivity index (χ1v) is 5.30. The topological polar surface area (TPSA) is 70.7 Å². The Labute approximate surface area is 101 Å². The van der Waals surface area contributed by atoms with Crippen LogP contribution in [0.5, 0.6) is 0 Å². The number of para-hydroxylation sites is 1. The van der Waals surface area contributed by atoms with E-state index in [1.165, 1.54) is 6.33 Å². The van der Waals surface area contributed by atoms with E-state index in [0.29, 0.717) is 22.9 Å². The molecule has 5 nitrogen and oxygen atoms in total. The number of nitrogens with one attached hydrogen (secondary N) is 2. The van der Waals surface area contributed by atoms with Crippen LogP contribution in [0, 0.1) is 0 Å². The van der Waals surface area contributed by atoms with E-state index < -0.39 is 0 Å². The van der Waals surface area contributed by atoms with E-state index in [2.05, 4.69) is 20.3 Å². The van der Waals surface area contributed by atoms with Crippen LogP contribution in [-0.2, 0) is 4.79 Å². The Kier molecular flexibility index (Phi) is 2.19. The maximum atomic E-state index is 10.5. The zero-order valence-corrected chi connectivity index (χ0v) is 9.32. The molecule has 0 saturated carbocycles. The number of nitrogens with zero attached hydrogens (tertiary/aromatic N) is 2. The van der Waals surface area contributed by atoms with Gasteiger partial charge in [-0.1, -0.05) is 23.7 Å². The van der Waals surface area contributed by atoms with Gasteiger partial charge in [-0.15, -0.1) is 0 Å². The van der Waals surface area contributed by atoms with E-state index in [1.807, 2.05) is 12.1 Å². The number of anilines is 1. The molecule has 17 heavy (non-hydrogen) atoms. The quantitative estimate of drug-likeness (QED) is 0.539. The highest BCUT2D eigenvalue weighted by atomic mass is 35.5. The molecule has 0 saturated heterocycles. The first-order chi connectivity index (χ1) is 8.31. The summed E-state index contributed by atoms with van der Waals surface area (Å²) in [7, 11) is 0. The van der Waals surface area contributed by atoms with Crippen molar-refractivity contribution in [1.29, 1.82) is 0 Å². The van der Waals surface area contributed by atoms with Gasteiger partial charge in [-0.25, -0.2) is 9.97 Å². The summed E-state index contributed by atoms with van der Waals surface area (Å²) in [5.74, 6) is 0. The van der Waals surface area contributed by atoms with Crippen LogP contribution in [0.2, 0.25) is 5.15 Å². The van der Waals surface area contributed by atoms with Gasteiger partial charge in [-0.2, -0.15) is 0 Å². The zero-order chi connectivity index (χ0) is 11.8. The fourth-order valence-electron chi connectivity index (χ4n) is 1.90. The second-order valence-electron chi connectivity index (χ2n) is 3.50. The minimum absolute atomic E-state index is 0.393. The summed E-state index contributed by atoms with van der Waals surface area (Å²) in [6, 6.07) is 5.54. The summed E-state index contributed by atoms with van der Waals surface area (Å²) in [6.45, 7) is 0. The third-order valence-corrected chi connectivity index (χ3v) is 2.88. The van der Waals surface area contributed by atoms with Crippen molar-refractivity contribution in [2.24, 2.45) is 0 Å². The Balaban J connectivity index is 2.47. The fraction of sp³-hybridized carbons (Fsp3) is 0. The van der Waals surface area contributed by atoms with Gasteiger partial charge in [0.1, 0.15) is 17.1 Å². The van der Waals surface area contributed by atoms with E-state index in [0.717, 1.165) is 16.3 Å². The Morgan fingerprint density at radius 2 is 2.24 bits per heavy atom. The van der Waals surface area contributed by atoms with Gasteiger partial charge in [0, 0.05) is 5.39 Å². The molecule has 1 amide bonds. The third-order valence-electron chi connectivity index (χ3n) is 2.59. The van der Waals surface area contributed by atoms with Crippen molar-refractivity contribution < 1.29 is 4.79 Å². The van der Waals surface area contributed by atoms with Gasteiger partial charge in [0.2, 0.25) is 6.41 Å². The van der Waals surface area contributed by atoms with E-state index in [9.17, 15) is 4.79 Å². The highest BCUT2D eigenvalue weighted by molar-refractivity contribution is 6.36. The van der Waals surface area contributed by atoms with Crippen molar-refractivity contribution in [3.63, 3.8) is 0 Å². The minimum Gasteiger partial charge on any atom is -0.337 e. The number of carbonyl (C=O) groups excluding carboxylic acids is 1. The summed E-state index contributed by atoms with van der Waals surface area (Å²) < 4.78 is 0. The number of fused-ring (bicyclic) bond motifs is 3. The number of aromatic amines is 1. The Bertz CT molecular complexity index is 722. The molecule has 84 valence electrons. The molecule has 3 aromatic rings. The molecule has 2 aromatic heterocycles. The van der Waals surface area contributed by atoms with Crippen LogP contribution < -0.4 is 5.32 Å². The molecule has 1 aromatic carbocycles. The zero-order valence-electron chi connectivity index (χ0n) is 8.57. The first kappa shape index (κ1) is 10.0. The Hall–Kier alpha value is -2.14. The largest absolute Gasteiger partial charge is 0.337 e. The molecule has 0 aliphatic carbocycles. The number of benzene rings is 1. The second kappa shape index (κ2) is 3.71. The van der Waals surface area contributed by atoms with E-state index in [1.54, 1.807) is 6.07 Å². The fourth-order valence-corrected chi connectivity index (χ4v) is 2.13. The molecule has 0 radical (unpaired) electrons. The normalized spacial score (nSPS) is 10.9. The lowest BCUT2D eigenvalue weighted by atomic mass is 10.2. The van der Waals surface area contributed by atoms with Crippen molar-refractivity contribution in [3.8, 4) is 0 Å². The summed E-state index contributed by atoms with van der Waals surface area (Å²) in [4.78, 5) is 21.7. The highest BCUT2D eigenvalue weighted by Gasteiger charge is 2.11. The molecule has 3 rings (SSSR count). The van der Waals surface area contributed by atoms with Crippen LogP contribution in [0.15, 0.2) is 24.5 Å². The van der Waals surface area contributed by atoms with E-state index in [4.69, 9.17) is 11.6 Å². The van der Waals surface area contributed by atoms with Crippen LogP contribution in [0.1, 0.15) is 0 Å². The van der Waals surface area contributed by atoms with Gasteiger partial charge in [0.05, 0.1) is 16.6 Å². The number of hydrogen-bond acceptors (Lipinski definition) is 3. The summed E-state index contributed by atoms with van der Waals surface area (Å²) >= 11 is 6.05. The number of hydrogen-bond donors (Lipinski definition) is 2. The molecule has 2 N–H and O–H groups in total. The van der Waals surface area contributed by atoms with Crippen LogP contribution >= 0.6 is 11.6 Å². The SMILES string of the molecule is O=CNc1cccc2c1[nH]c1ncnc(Cl)c12. The molecule has 0 spiro atoms. The molecule has 6 heteroatoms. The standard InChI is InChI=1S/C11H7ClN4O/c12-10-8-6-2-1-3-7(15-5-17)9(6)16-11(8)14-4-13-10/h1-5H,(H,15,17)(H,13,14,16). The maximum absolute atomic E-state index is 10.5. The Morgan fingerprint density at radius 3 is 3.06 bits per heavy atom. The highest BCUT2D eigenvalue weighted by Crippen LogP contribution is 2.32. The molecular formula is C11H7ClN4O. The number of aromatic nitrogens is 3. The van der Waals surface area contributed by atoms with Crippen LogP contribution in [0.4, 0.5) is 5.69 Å². The van der Waals surface area contributed by atoms with E-state index in [-0.39, 0.29) is 0 Å². The van der Waals surface area contributed by atoms with Gasteiger partial charge in [0.15, 0.2) is 0 Å². The summed E-state index contributed by atoms with van der Waals surface area (Å²) in [5.41, 5.74) is 2.13. The lowest BCUT2D eigenvalue weighted by Gasteiger charge is -1.99. The number of amides is 1. The number of carbonyl (C=O) groups is 1. The third kappa shape index (κ3) is 1.43. The van der Waals surface area contributed by atoms with Gasteiger partial charge in [0.25, 0.3) is 0 Å². The smallest absolute Gasteiger partial charge is 0.211 e. The molecule has 0 aliphatic heterocycles. The summed E-state index contributed by atoms with van der Waals surface area (Å²) in [6.07, 6.45) is 2.03. The lowest BCUT2D eigenvalue weighted by Crippen LogP contribution is -1.93. The van der Waals surface area contributed by atoms with Gasteiger partial charge in [-0.3, -0.25) is 4.79 Å². The first-order valence-electron chi connectivity index (χ1n) is 4.92. The average molecular weight is 247 g/mol. The van der Waals surface area contributed by atoms with E-state index >= 15 is 0 Å². The molecule has 0 aliphatic rings. The monoisotopic (exact) mass is 246 g/mol. The van der Waals surface area contributed by atoms with Crippen molar-refractivity contribution in [1.82, 2.24) is 15.0 Å². The minimum atomic E-state index is 0.393. The molecule has 0 atom stereocenters. The predicted molar refractivity (Wildman–Crippen MR) is 66.1 cm³/mol. The molecular weight excluding hydrogens is 240 g/mol. The number of rotatable bonds is 2. The number of H-pyrrole nitrogens is 1. The van der Waals surface area contributed by atoms with Crippen molar-refractivity contribution in [2.45, 2.75) is 0 Å². The van der Waals surface area contributed by atoms with Crippen LogP contribution in [-0.4, -0.2) is 21.4 Å². The second-order valence-corrected chi connectivity index (χ2v) is 3.86. The Morgan fingerprint density at radius 1 is 1.35 bits per heavy atom. The van der Waals surface area contributed by atoms with Crippen molar-refractivity contribution in [2.75, 3.05) is 5.32 Å². The van der Waals surface area contributed by atoms with Gasteiger partial charge >= 0.3 is 0 Å². The lowest BCUT2D eigenvalue weighted by molar-refractivity contribution is -0.105. The molecule has 0 bridgehead atoms. The van der Waals surface area contributed by atoms with Gasteiger partial charge in [-0.05, 0) is 6.07 Å². The van der Waals surface area contributed by atoms with Crippen LogP contribution in [0.3, 0.4) is 0 Å². The molecule has 0 fully saturated rings. The van der Waals surface area contributed by atoms with Crippen LogP contribution in [0.25, 0.3) is 21.9 Å². The van der Waals surface area contributed by atoms with Gasteiger partial charge < -0.3 is 10.3 Å². The maximum Gasteiger partial charge on any atom is 0.211 e. The summed E-state index contributed by atoms with van der Waals surface area (Å²) in [5, 5.41) is 4.67. The van der Waals surface area contributed by atoms with Crippen molar-refractivity contribution >= 4 is 45.6 Å². The molecule has 0 unspecified atom stereocenters. The number of halogens is 1. The van der Waals surface area contributed by atoms with Crippen molar-refractivity contribution in [3.05, 3.63) is 29.7 Å². The predicted octanol–water partition coefficient (Wildman–Crippen LogP) is 2.33.